The third-order valence-electron chi connectivity index (χ3n) is 3.07. The van der Waals surface area contributed by atoms with Crippen LogP contribution in [0.25, 0.3) is 10.8 Å². The molecule has 90 valence electrons. The number of aliphatic hydroxyl groups is 1. The summed E-state index contributed by atoms with van der Waals surface area (Å²) in [4.78, 5) is 0. The molecule has 1 aromatic heterocycles. The average molecular weight is 239 g/mol. The Bertz CT molecular complexity index is 644. The zero-order valence-electron chi connectivity index (χ0n) is 9.74. The van der Waals surface area contributed by atoms with Crippen LogP contribution in [-0.2, 0) is 6.42 Å². The summed E-state index contributed by atoms with van der Waals surface area (Å²) in [6.45, 7) is 0. The van der Waals surface area contributed by atoms with Crippen LogP contribution in [0.5, 0.6) is 0 Å². The van der Waals surface area contributed by atoms with E-state index in [-0.39, 0.29) is 0 Å². The average Bonchev–Trinajstić information content (AvgIpc) is 2.93. The smallest absolute Gasteiger partial charge is 0.111 e. The van der Waals surface area contributed by atoms with Crippen molar-refractivity contribution in [1.82, 2.24) is 15.4 Å². The Morgan fingerprint density at radius 1 is 1.11 bits per heavy atom. The first-order chi connectivity index (χ1) is 8.84. The van der Waals surface area contributed by atoms with Crippen LogP contribution in [0.3, 0.4) is 0 Å². The second-order valence-electron chi connectivity index (χ2n) is 4.25. The molecule has 0 amide bonds. The van der Waals surface area contributed by atoms with Crippen molar-refractivity contribution in [3.8, 4) is 0 Å². The molecule has 18 heavy (non-hydrogen) atoms. The third-order valence-corrected chi connectivity index (χ3v) is 3.07. The summed E-state index contributed by atoms with van der Waals surface area (Å²) < 4.78 is 0. The first-order valence-electron chi connectivity index (χ1n) is 5.85. The summed E-state index contributed by atoms with van der Waals surface area (Å²) in [5.74, 6) is 0. The van der Waals surface area contributed by atoms with Gasteiger partial charge >= 0.3 is 0 Å². The highest BCUT2D eigenvalue weighted by Gasteiger charge is 2.12. The minimum absolute atomic E-state index is 0.536. The molecule has 3 rings (SSSR count). The molecule has 3 aromatic rings. The summed E-state index contributed by atoms with van der Waals surface area (Å²) in [5, 5.41) is 22.6. The summed E-state index contributed by atoms with van der Waals surface area (Å²) in [6, 6.07) is 14.3. The van der Waals surface area contributed by atoms with Crippen molar-refractivity contribution in [3.63, 3.8) is 0 Å². The van der Waals surface area contributed by atoms with Gasteiger partial charge in [0, 0.05) is 6.42 Å². The topological polar surface area (TPSA) is 61.8 Å². The fraction of sp³-hybridized carbons (Fsp3) is 0.143. The Morgan fingerprint density at radius 3 is 2.78 bits per heavy atom. The van der Waals surface area contributed by atoms with Gasteiger partial charge in [-0.15, -0.1) is 0 Å². The van der Waals surface area contributed by atoms with E-state index in [0.29, 0.717) is 12.1 Å². The van der Waals surface area contributed by atoms with Gasteiger partial charge in [0.05, 0.1) is 6.20 Å². The molecular weight excluding hydrogens is 226 g/mol. The van der Waals surface area contributed by atoms with Crippen LogP contribution in [0, 0.1) is 0 Å². The largest absolute Gasteiger partial charge is 0.386 e. The van der Waals surface area contributed by atoms with Gasteiger partial charge in [0.25, 0.3) is 0 Å². The molecule has 2 N–H and O–H groups in total. The fourth-order valence-corrected chi connectivity index (χ4v) is 2.15. The molecule has 1 atom stereocenters. The molecule has 0 saturated heterocycles. The first kappa shape index (κ1) is 10.9. The Kier molecular flexibility index (Phi) is 2.78. The Labute approximate surface area is 104 Å². The predicted molar refractivity (Wildman–Crippen MR) is 69.0 cm³/mol. The number of fused-ring (bicyclic) bond motifs is 1. The summed E-state index contributed by atoms with van der Waals surface area (Å²) in [7, 11) is 0. The highest BCUT2D eigenvalue weighted by molar-refractivity contribution is 5.85. The van der Waals surface area contributed by atoms with Crippen molar-refractivity contribution in [2.24, 2.45) is 0 Å². The van der Waals surface area contributed by atoms with Crippen molar-refractivity contribution in [2.45, 2.75) is 12.5 Å². The van der Waals surface area contributed by atoms with Crippen LogP contribution in [0.4, 0.5) is 0 Å². The number of hydrogen-bond acceptors (Lipinski definition) is 3. The van der Waals surface area contributed by atoms with E-state index in [0.717, 1.165) is 5.56 Å². The van der Waals surface area contributed by atoms with Gasteiger partial charge in [-0.2, -0.15) is 15.4 Å². The second kappa shape index (κ2) is 4.58. The molecule has 0 aliphatic carbocycles. The molecule has 0 aliphatic heterocycles. The van der Waals surface area contributed by atoms with Gasteiger partial charge in [-0.3, -0.25) is 0 Å². The lowest BCUT2D eigenvalue weighted by molar-refractivity contribution is 0.174. The van der Waals surface area contributed by atoms with Crippen molar-refractivity contribution in [1.29, 1.82) is 0 Å². The molecule has 4 heteroatoms. The van der Waals surface area contributed by atoms with Crippen LogP contribution in [-0.4, -0.2) is 20.5 Å². The molecule has 0 radical (unpaired) electrons. The van der Waals surface area contributed by atoms with Gasteiger partial charge in [-0.1, -0.05) is 42.5 Å². The first-order valence-corrected chi connectivity index (χ1v) is 5.85. The maximum Gasteiger partial charge on any atom is 0.111 e. The van der Waals surface area contributed by atoms with Crippen molar-refractivity contribution in [2.75, 3.05) is 0 Å². The number of aliphatic hydroxyl groups excluding tert-OH is 1. The van der Waals surface area contributed by atoms with Gasteiger partial charge in [-0.25, -0.2) is 0 Å². The van der Waals surface area contributed by atoms with Crippen LogP contribution < -0.4 is 0 Å². The van der Waals surface area contributed by atoms with E-state index in [1.54, 1.807) is 6.20 Å². The SMILES string of the molecule is OC(Cc1cccc2ccccc12)c1cn[nH]n1. The van der Waals surface area contributed by atoms with Gasteiger partial charge in [0.1, 0.15) is 11.8 Å². The predicted octanol–water partition coefficient (Wildman–Crippen LogP) is 2.23. The zero-order valence-corrected chi connectivity index (χ0v) is 9.74. The molecule has 0 fully saturated rings. The summed E-state index contributed by atoms with van der Waals surface area (Å²) >= 11 is 0. The summed E-state index contributed by atoms with van der Waals surface area (Å²) in [5.41, 5.74) is 1.69. The van der Waals surface area contributed by atoms with Crippen LogP contribution in [0.1, 0.15) is 17.4 Å². The molecular formula is C14H13N3O. The summed E-state index contributed by atoms with van der Waals surface area (Å²) in [6.07, 6.45) is 1.46. The highest BCUT2D eigenvalue weighted by Crippen LogP contribution is 2.23. The number of nitrogens with one attached hydrogen (secondary N) is 1. The fourth-order valence-electron chi connectivity index (χ4n) is 2.15. The standard InChI is InChI=1S/C14H13N3O/c18-14(13-9-15-17-16-13)8-11-6-3-5-10-4-1-2-7-12(10)11/h1-7,9,14,18H,8H2,(H,15,16,17). The minimum atomic E-state index is -0.630. The molecule has 0 aliphatic rings. The molecule has 1 unspecified atom stereocenters. The van der Waals surface area contributed by atoms with Crippen molar-refractivity contribution < 1.29 is 5.11 Å². The number of benzene rings is 2. The number of hydrogen-bond donors (Lipinski definition) is 2. The van der Waals surface area contributed by atoms with Crippen LogP contribution in [0.15, 0.2) is 48.7 Å². The highest BCUT2D eigenvalue weighted by atomic mass is 16.3. The van der Waals surface area contributed by atoms with E-state index in [1.807, 2.05) is 24.3 Å². The Morgan fingerprint density at radius 2 is 1.94 bits per heavy atom. The van der Waals surface area contributed by atoms with E-state index in [9.17, 15) is 5.11 Å². The van der Waals surface area contributed by atoms with E-state index >= 15 is 0 Å². The quantitative estimate of drug-likeness (QED) is 0.736. The molecule has 2 aromatic carbocycles. The molecule has 0 bridgehead atoms. The third kappa shape index (κ3) is 1.98. The monoisotopic (exact) mass is 239 g/mol. The second-order valence-corrected chi connectivity index (χ2v) is 4.25. The molecule has 0 saturated carbocycles. The van der Waals surface area contributed by atoms with E-state index in [2.05, 4.69) is 33.6 Å². The number of rotatable bonds is 3. The van der Waals surface area contributed by atoms with E-state index < -0.39 is 6.10 Å². The van der Waals surface area contributed by atoms with Gasteiger partial charge < -0.3 is 5.11 Å². The van der Waals surface area contributed by atoms with E-state index in [1.165, 1.54) is 10.8 Å². The lowest BCUT2D eigenvalue weighted by atomic mass is 9.99. The number of aromatic amines is 1. The number of aromatic nitrogens is 3. The molecule has 0 spiro atoms. The van der Waals surface area contributed by atoms with Gasteiger partial charge in [-0.05, 0) is 16.3 Å². The Hall–Kier alpha value is -2.20. The van der Waals surface area contributed by atoms with Gasteiger partial charge in [0.15, 0.2) is 0 Å². The molecule has 4 nitrogen and oxygen atoms in total. The van der Waals surface area contributed by atoms with E-state index in [4.69, 9.17) is 0 Å². The maximum atomic E-state index is 10.1. The van der Waals surface area contributed by atoms with Crippen molar-refractivity contribution in [3.05, 3.63) is 59.9 Å². The van der Waals surface area contributed by atoms with Crippen LogP contribution in [0.2, 0.25) is 0 Å². The lowest BCUT2D eigenvalue weighted by Gasteiger charge is -2.10. The zero-order chi connectivity index (χ0) is 12.4. The minimum Gasteiger partial charge on any atom is -0.386 e. The van der Waals surface area contributed by atoms with Gasteiger partial charge in [0.2, 0.25) is 0 Å². The van der Waals surface area contributed by atoms with Crippen LogP contribution >= 0.6 is 0 Å². The van der Waals surface area contributed by atoms with Crippen molar-refractivity contribution >= 4 is 10.8 Å². The number of nitrogens with zero attached hydrogens (tertiary/aromatic N) is 2. The maximum absolute atomic E-state index is 10.1. The normalized spacial score (nSPS) is 12.7. The number of H-pyrrole nitrogens is 1. The molecule has 1 heterocycles. The Balaban J connectivity index is 1.95. The lowest BCUT2D eigenvalue weighted by Crippen LogP contribution is -2.02.